The van der Waals surface area contributed by atoms with Crippen LogP contribution in [0.2, 0.25) is 0 Å². The summed E-state index contributed by atoms with van der Waals surface area (Å²) in [4.78, 5) is 0.799. The van der Waals surface area contributed by atoms with Crippen molar-refractivity contribution in [3.8, 4) is 22.0 Å². The minimum atomic E-state index is 0.783. The van der Waals surface area contributed by atoms with Gasteiger partial charge in [-0.3, -0.25) is 0 Å². The molecule has 108 valence electrons. The van der Waals surface area contributed by atoms with E-state index in [-0.39, 0.29) is 0 Å². The Balaban J connectivity index is 1.88. The molecule has 4 aromatic rings. The van der Waals surface area contributed by atoms with Gasteiger partial charge in [0.2, 0.25) is 4.96 Å². The Morgan fingerprint density at radius 1 is 1.05 bits per heavy atom. The summed E-state index contributed by atoms with van der Waals surface area (Å²) >= 11 is 5.03. The molecule has 6 heteroatoms. The summed E-state index contributed by atoms with van der Waals surface area (Å²) < 4.78 is 2.86. The fourth-order valence-corrected chi connectivity index (χ4v) is 3.58. The highest BCUT2D eigenvalue weighted by Crippen LogP contribution is 2.30. The third kappa shape index (κ3) is 2.24. The molecule has 0 amide bonds. The van der Waals surface area contributed by atoms with Crippen molar-refractivity contribution < 1.29 is 0 Å². The van der Waals surface area contributed by atoms with Crippen molar-refractivity contribution in [3.63, 3.8) is 0 Å². The van der Waals surface area contributed by atoms with Gasteiger partial charge >= 0.3 is 0 Å². The number of halogens is 1. The summed E-state index contributed by atoms with van der Waals surface area (Å²) in [5.74, 6) is 0.783. The molecule has 0 saturated heterocycles. The first kappa shape index (κ1) is 13.6. The van der Waals surface area contributed by atoms with Gasteiger partial charge < -0.3 is 0 Å². The first-order chi connectivity index (χ1) is 10.7. The molecule has 0 aliphatic carbocycles. The van der Waals surface area contributed by atoms with Crippen molar-refractivity contribution in [3.05, 3.63) is 58.6 Å². The Morgan fingerprint density at radius 2 is 1.91 bits per heavy atom. The van der Waals surface area contributed by atoms with E-state index in [1.165, 1.54) is 11.3 Å². The van der Waals surface area contributed by atoms with Crippen LogP contribution in [0.4, 0.5) is 0 Å². The van der Waals surface area contributed by atoms with Crippen LogP contribution in [0.15, 0.2) is 53.0 Å². The molecule has 2 heterocycles. The first-order valence-electron chi connectivity index (χ1n) is 6.76. The number of aromatic nitrogens is 4. The first-order valence-corrected chi connectivity index (χ1v) is 8.37. The van der Waals surface area contributed by atoms with Gasteiger partial charge in [-0.25, -0.2) is 0 Å². The molecule has 0 spiro atoms. The minimum Gasteiger partial charge on any atom is -0.182 e. The van der Waals surface area contributed by atoms with E-state index < -0.39 is 0 Å². The Hall–Kier alpha value is -2.05. The zero-order valence-electron chi connectivity index (χ0n) is 11.7. The van der Waals surface area contributed by atoms with E-state index in [9.17, 15) is 0 Å². The Kier molecular flexibility index (Phi) is 3.28. The zero-order chi connectivity index (χ0) is 15.1. The maximum Gasteiger partial charge on any atom is 0.235 e. The van der Waals surface area contributed by atoms with Crippen molar-refractivity contribution in [1.29, 1.82) is 0 Å². The van der Waals surface area contributed by atoms with Crippen LogP contribution in [0.3, 0.4) is 0 Å². The molecule has 0 saturated carbocycles. The highest BCUT2D eigenvalue weighted by molar-refractivity contribution is 9.10. The summed E-state index contributed by atoms with van der Waals surface area (Å²) in [6.07, 6.45) is 0. The van der Waals surface area contributed by atoms with Crippen molar-refractivity contribution >= 4 is 32.2 Å². The van der Waals surface area contributed by atoms with Crippen molar-refractivity contribution in [1.82, 2.24) is 19.8 Å². The van der Waals surface area contributed by atoms with Gasteiger partial charge in [-0.2, -0.15) is 9.61 Å². The topological polar surface area (TPSA) is 43.1 Å². The van der Waals surface area contributed by atoms with Gasteiger partial charge in [0, 0.05) is 15.6 Å². The number of hydrogen-bond donors (Lipinski definition) is 0. The summed E-state index contributed by atoms with van der Waals surface area (Å²) in [7, 11) is 0. The lowest BCUT2D eigenvalue weighted by atomic mass is 10.1. The lowest BCUT2D eigenvalue weighted by Gasteiger charge is -2.01. The summed E-state index contributed by atoms with van der Waals surface area (Å²) in [6.45, 7) is 2.07. The van der Waals surface area contributed by atoms with Gasteiger partial charge in [-0.15, -0.1) is 10.2 Å². The van der Waals surface area contributed by atoms with Crippen LogP contribution in [0.5, 0.6) is 0 Å². The van der Waals surface area contributed by atoms with Gasteiger partial charge in [-0.05, 0) is 24.6 Å². The predicted octanol–water partition coefficient (Wildman–Crippen LogP) is 4.59. The van der Waals surface area contributed by atoms with E-state index >= 15 is 0 Å². The third-order valence-electron chi connectivity index (χ3n) is 3.45. The Morgan fingerprint density at radius 3 is 2.73 bits per heavy atom. The zero-order valence-corrected chi connectivity index (χ0v) is 14.1. The molecule has 0 bridgehead atoms. The normalized spacial score (nSPS) is 11.2. The molecule has 4 rings (SSSR count). The van der Waals surface area contributed by atoms with E-state index in [1.54, 1.807) is 0 Å². The molecular weight excluding hydrogens is 360 g/mol. The van der Waals surface area contributed by atoms with Crippen molar-refractivity contribution in [2.75, 3.05) is 0 Å². The van der Waals surface area contributed by atoms with E-state index in [0.29, 0.717) is 0 Å². The monoisotopic (exact) mass is 370 g/mol. The number of aryl methyl sites for hydroxylation is 1. The average molecular weight is 371 g/mol. The van der Waals surface area contributed by atoms with Crippen LogP contribution in [0.1, 0.15) is 5.56 Å². The van der Waals surface area contributed by atoms with Gasteiger partial charge in [0.05, 0.1) is 0 Å². The number of fused-ring (bicyclic) bond motifs is 1. The maximum atomic E-state index is 4.69. The van der Waals surface area contributed by atoms with Crippen LogP contribution in [0.25, 0.3) is 26.9 Å². The molecule has 22 heavy (non-hydrogen) atoms. The molecular formula is C16H11BrN4S. The molecule has 2 aromatic heterocycles. The van der Waals surface area contributed by atoms with Crippen LogP contribution in [0, 0.1) is 6.92 Å². The van der Waals surface area contributed by atoms with Crippen molar-refractivity contribution in [2.45, 2.75) is 6.92 Å². The van der Waals surface area contributed by atoms with Crippen LogP contribution < -0.4 is 0 Å². The fourth-order valence-electron chi connectivity index (χ4n) is 2.35. The van der Waals surface area contributed by atoms with E-state index in [4.69, 9.17) is 5.10 Å². The van der Waals surface area contributed by atoms with Gasteiger partial charge in [0.15, 0.2) is 5.82 Å². The molecule has 0 fully saturated rings. The fraction of sp³-hybridized carbons (Fsp3) is 0.0625. The molecule has 0 aliphatic heterocycles. The summed E-state index contributed by atoms with van der Waals surface area (Å²) in [5, 5.41) is 14.2. The lowest BCUT2D eigenvalue weighted by molar-refractivity contribution is 0.968. The molecule has 0 N–H and O–H groups in total. The lowest BCUT2D eigenvalue weighted by Crippen LogP contribution is -1.92. The standard InChI is InChI=1S/C16H11BrN4S/c1-10-5-2-3-8-13(10)14-18-19-16-21(14)20-15(22-16)11-6-4-7-12(17)9-11/h2-9H,1H3. The second kappa shape index (κ2) is 5.30. The quantitative estimate of drug-likeness (QED) is 0.518. The number of hydrogen-bond acceptors (Lipinski definition) is 4. The second-order valence-corrected chi connectivity index (χ2v) is 6.82. The highest BCUT2D eigenvalue weighted by Gasteiger charge is 2.15. The third-order valence-corrected chi connectivity index (χ3v) is 4.89. The van der Waals surface area contributed by atoms with Crippen molar-refractivity contribution in [2.24, 2.45) is 0 Å². The van der Waals surface area contributed by atoms with E-state index in [2.05, 4.69) is 45.2 Å². The van der Waals surface area contributed by atoms with E-state index in [0.717, 1.165) is 37.0 Å². The molecule has 0 atom stereocenters. The summed E-state index contributed by atoms with van der Waals surface area (Å²) in [6, 6.07) is 16.2. The smallest absolute Gasteiger partial charge is 0.182 e. The van der Waals surface area contributed by atoms with Crippen LogP contribution >= 0.6 is 27.3 Å². The minimum absolute atomic E-state index is 0.783. The molecule has 2 aromatic carbocycles. The second-order valence-electron chi connectivity index (χ2n) is 4.95. The molecule has 0 aliphatic rings. The van der Waals surface area contributed by atoms with Gasteiger partial charge in [0.25, 0.3) is 0 Å². The number of benzene rings is 2. The van der Waals surface area contributed by atoms with Gasteiger partial charge in [-0.1, -0.05) is 63.7 Å². The Bertz CT molecular complexity index is 973. The van der Waals surface area contributed by atoms with Gasteiger partial charge in [0.1, 0.15) is 5.01 Å². The highest BCUT2D eigenvalue weighted by atomic mass is 79.9. The Labute approximate surface area is 139 Å². The molecule has 0 unspecified atom stereocenters. The summed E-state index contributed by atoms with van der Waals surface area (Å²) in [5.41, 5.74) is 3.29. The average Bonchev–Trinajstić information content (AvgIpc) is 3.08. The van der Waals surface area contributed by atoms with Crippen LogP contribution in [-0.2, 0) is 0 Å². The largest absolute Gasteiger partial charge is 0.235 e. The number of rotatable bonds is 2. The SMILES string of the molecule is Cc1ccccc1-c1nnc2sc(-c3cccc(Br)c3)nn12. The molecule has 4 nitrogen and oxygen atoms in total. The predicted molar refractivity (Wildman–Crippen MR) is 92.0 cm³/mol. The number of nitrogens with zero attached hydrogens (tertiary/aromatic N) is 4. The van der Waals surface area contributed by atoms with Crippen LogP contribution in [-0.4, -0.2) is 19.8 Å². The molecule has 0 radical (unpaired) electrons. The van der Waals surface area contributed by atoms with E-state index in [1.807, 2.05) is 40.9 Å². The maximum absolute atomic E-state index is 4.69.